The fraction of sp³-hybridized carbons (Fsp3) is 0.500. The summed E-state index contributed by atoms with van der Waals surface area (Å²) in [7, 11) is 0. The van der Waals surface area contributed by atoms with Crippen LogP contribution in [0.15, 0.2) is 47.2 Å². The van der Waals surface area contributed by atoms with Crippen molar-refractivity contribution in [2.24, 2.45) is 5.41 Å². The summed E-state index contributed by atoms with van der Waals surface area (Å²) >= 11 is 1.72. The molecule has 1 amide bonds. The highest BCUT2D eigenvalue weighted by Gasteiger charge is 2.57. The maximum Gasteiger partial charge on any atom is 0.223 e. The first-order chi connectivity index (χ1) is 12.8. The molecular formula is C22H29ClN2OS. The number of halogens is 1. The highest BCUT2D eigenvalue weighted by Crippen LogP contribution is 2.56. The molecule has 2 fully saturated rings. The second-order valence-electron chi connectivity index (χ2n) is 7.82. The van der Waals surface area contributed by atoms with E-state index in [1.807, 2.05) is 6.07 Å². The van der Waals surface area contributed by atoms with Crippen LogP contribution in [-0.2, 0) is 17.8 Å². The van der Waals surface area contributed by atoms with Gasteiger partial charge in [0.05, 0.1) is 0 Å². The molecule has 1 aromatic carbocycles. The van der Waals surface area contributed by atoms with Crippen molar-refractivity contribution in [1.82, 2.24) is 10.2 Å². The fourth-order valence-corrected chi connectivity index (χ4v) is 5.07. The summed E-state index contributed by atoms with van der Waals surface area (Å²) in [5.41, 5.74) is 3.00. The Hall–Kier alpha value is -1.36. The number of carbonyl (C=O) groups is 1. The van der Waals surface area contributed by atoms with Crippen LogP contribution < -0.4 is 5.32 Å². The molecule has 27 heavy (non-hydrogen) atoms. The first-order valence-corrected chi connectivity index (χ1v) is 10.8. The Morgan fingerprint density at radius 1 is 1.15 bits per heavy atom. The standard InChI is InChI=1S/C22H28N2OS.ClH/c25-21(8-4-7-18-5-2-1-3-6-18)24(16-19-9-14-26-17-19)20-15-22(20)10-12-23-13-11-22;/h1-3,5-6,9,14,17,20,23H,4,7-8,10-13,15-16H2;1H. The number of nitrogens with one attached hydrogen (secondary N) is 1. The number of nitrogens with zero attached hydrogens (tertiary/aromatic N) is 1. The van der Waals surface area contributed by atoms with Gasteiger partial charge in [0, 0.05) is 19.0 Å². The molecule has 0 radical (unpaired) electrons. The molecule has 1 saturated carbocycles. The van der Waals surface area contributed by atoms with Gasteiger partial charge in [0.15, 0.2) is 0 Å². The summed E-state index contributed by atoms with van der Waals surface area (Å²) in [5, 5.41) is 7.76. The number of thiophene rings is 1. The Kier molecular flexibility index (Phi) is 6.96. The zero-order chi connectivity index (χ0) is 17.8. The molecule has 1 aliphatic carbocycles. The van der Waals surface area contributed by atoms with Gasteiger partial charge in [-0.1, -0.05) is 30.3 Å². The molecule has 2 heterocycles. The largest absolute Gasteiger partial charge is 0.335 e. The molecule has 1 N–H and O–H groups in total. The maximum atomic E-state index is 13.1. The lowest BCUT2D eigenvalue weighted by molar-refractivity contribution is -0.133. The number of piperidine rings is 1. The van der Waals surface area contributed by atoms with Crippen LogP contribution >= 0.6 is 23.7 Å². The molecule has 1 unspecified atom stereocenters. The van der Waals surface area contributed by atoms with E-state index >= 15 is 0 Å². The third-order valence-corrected chi connectivity index (χ3v) is 6.81. The summed E-state index contributed by atoms with van der Waals surface area (Å²) in [6.45, 7) is 2.99. The van der Waals surface area contributed by atoms with Crippen LogP contribution in [-0.4, -0.2) is 29.9 Å². The van der Waals surface area contributed by atoms with Gasteiger partial charge in [0.1, 0.15) is 0 Å². The van der Waals surface area contributed by atoms with E-state index in [0.29, 0.717) is 23.8 Å². The van der Waals surface area contributed by atoms with E-state index in [9.17, 15) is 4.79 Å². The van der Waals surface area contributed by atoms with Gasteiger partial charge in [-0.3, -0.25) is 4.79 Å². The van der Waals surface area contributed by atoms with Crippen LogP contribution in [0.4, 0.5) is 0 Å². The van der Waals surface area contributed by atoms with Crippen LogP contribution in [0.1, 0.15) is 43.2 Å². The van der Waals surface area contributed by atoms with Crippen molar-refractivity contribution >= 4 is 29.7 Å². The average molecular weight is 405 g/mol. The number of benzene rings is 1. The van der Waals surface area contributed by atoms with Gasteiger partial charge in [-0.15, -0.1) is 12.4 Å². The van der Waals surface area contributed by atoms with E-state index in [4.69, 9.17) is 0 Å². The summed E-state index contributed by atoms with van der Waals surface area (Å²) < 4.78 is 0. The minimum atomic E-state index is 0. The summed E-state index contributed by atoms with van der Waals surface area (Å²) in [6.07, 6.45) is 6.21. The SMILES string of the molecule is Cl.O=C(CCCc1ccccc1)N(Cc1ccsc1)C1CC12CCNCC2. The van der Waals surface area contributed by atoms with Crippen LogP contribution in [0, 0.1) is 5.41 Å². The number of rotatable bonds is 7. The maximum absolute atomic E-state index is 13.1. The van der Waals surface area contributed by atoms with Crippen molar-refractivity contribution < 1.29 is 4.79 Å². The van der Waals surface area contributed by atoms with Crippen molar-refractivity contribution in [3.63, 3.8) is 0 Å². The Morgan fingerprint density at radius 2 is 1.93 bits per heavy atom. The predicted molar refractivity (Wildman–Crippen MR) is 114 cm³/mol. The summed E-state index contributed by atoms with van der Waals surface area (Å²) in [5.74, 6) is 0.340. The molecular weight excluding hydrogens is 376 g/mol. The molecule has 1 aliphatic heterocycles. The van der Waals surface area contributed by atoms with Gasteiger partial charge in [0.2, 0.25) is 5.91 Å². The highest BCUT2D eigenvalue weighted by atomic mass is 35.5. The number of hydrogen-bond donors (Lipinski definition) is 1. The Balaban J connectivity index is 0.00000210. The number of amides is 1. The minimum Gasteiger partial charge on any atom is -0.335 e. The smallest absolute Gasteiger partial charge is 0.223 e. The average Bonchev–Trinajstić information content (AvgIpc) is 3.10. The third kappa shape index (κ3) is 4.92. The van der Waals surface area contributed by atoms with Gasteiger partial charge in [0.25, 0.3) is 0 Å². The van der Waals surface area contributed by atoms with Crippen LogP contribution in [0.25, 0.3) is 0 Å². The van der Waals surface area contributed by atoms with E-state index < -0.39 is 0 Å². The fourth-order valence-electron chi connectivity index (χ4n) is 4.41. The first kappa shape index (κ1) is 20.4. The molecule has 146 valence electrons. The van der Waals surface area contributed by atoms with E-state index in [1.165, 1.54) is 30.4 Å². The van der Waals surface area contributed by atoms with Crippen molar-refractivity contribution in [2.45, 2.75) is 51.1 Å². The number of aryl methyl sites for hydroxylation is 1. The number of carbonyl (C=O) groups excluding carboxylic acids is 1. The second-order valence-corrected chi connectivity index (χ2v) is 8.60. The molecule has 5 heteroatoms. The molecule has 2 aromatic rings. The Morgan fingerprint density at radius 3 is 2.63 bits per heavy atom. The van der Waals surface area contributed by atoms with Gasteiger partial charge < -0.3 is 10.2 Å². The van der Waals surface area contributed by atoms with Gasteiger partial charge in [-0.05, 0) is 78.6 Å². The first-order valence-electron chi connectivity index (χ1n) is 9.82. The summed E-state index contributed by atoms with van der Waals surface area (Å²) in [4.78, 5) is 15.3. The van der Waals surface area contributed by atoms with Gasteiger partial charge in [-0.2, -0.15) is 11.3 Å². The van der Waals surface area contributed by atoms with Crippen LogP contribution in [0.2, 0.25) is 0 Å². The Bertz CT molecular complexity index is 713. The monoisotopic (exact) mass is 404 g/mol. The third-order valence-electron chi connectivity index (χ3n) is 6.07. The quantitative estimate of drug-likeness (QED) is 0.727. The van der Waals surface area contributed by atoms with Crippen molar-refractivity contribution in [3.05, 3.63) is 58.3 Å². The molecule has 3 nitrogen and oxygen atoms in total. The summed E-state index contributed by atoms with van der Waals surface area (Å²) in [6, 6.07) is 13.1. The van der Waals surface area contributed by atoms with Crippen molar-refractivity contribution in [2.75, 3.05) is 13.1 Å². The molecule has 1 aromatic heterocycles. The molecule has 1 saturated heterocycles. The van der Waals surface area contributed by atoms with E-state index in [2.05, 4.69) is 51.3 Å². The molecule has 4 rings (SSSR count). The molecule has 0 bridgehead atoms. The van der Waals surface area contributed by atoms with Crippen LogP contribution in [0.3, 0.4) is 0 Å². The molecule has 1 atom stereocenters. The lowest BCUT2D eigenvalue weighted by Gasteiger charge is -2.29. The Labute approximate surface area is 172 Å². The van der Waals surface area contributed by atoms with E-state index in [1.54, 1.807) is 11.3 Å². The van der Waals surface area contributed by atoms with Gasteiger partial charge >= 0.3 is 0 Å². The van der Waals surface area contributed by atoms with E-state index in [-0.39, 0.29) is 12.4 Å². The topological polar surface area (TPSA) is 32.3 Å². The molecule has 2 aliphatic rings. The normalized spacial score (nSPS) is 20.1. The van der Waals surface area contributed by atoms with Crippen molar-refractivity contribution in [1.29, 1.82) is 0 Å². The van der Waals surface area contributed by atoms with Crippen LogP contribution in [0.5, 0.6) is 0 Å². The van der Waals surface area contributed by atoms with E-state index in [0.717, 1.165) is 32.5 Å². The second kappa shape index (κ2) is 9.22. The number of hydrogen-bond acceptors (Lipinski definition) is 3. The highest BCUT2D eigenvalue weighted by molar-refractivity contribution is 7.07. The predicted octanol–water partition coefficient (Wildman–Crippen LogP) is 4.66. The lowest BCUT2D eigenvalue weighted by atomic mass is 9.93. The lowest BCUT2D eigenvalue weighted by Crippen LogP contribution is -2.39. The zero-order valence-corrected chi connectivity index (χ0v) is 17.4. The molecule has 1 spiro atoms. The van der Waals surface area contributed by atoms with Crippen molar-refractivity contribution in [3.8, 4) is 0 Å². The zero-order valence-electron chi connectivity index (χ0n) is 15.7. The minimum absolute atomic E-state index is 0. The van der Waals surface area contributed by atoms with Gasteiger partial charge in [-0.25, -0.2) is 0 Å².